The summed E-state index contributed by atoms with van der Waals surface area (Å²) in [6, 6.07) is 6.81. The zero-order chi connectivity index (χ0) is 13.7. The molecule has 0 aliphatic heterocycles. The molecule has 1 unspecified atom stereocenters. The molecule has 3 nitrogen and oxygen atoms in total. The first-order valence-electron chi connectivity index (χ1n) is 6.69. The van der Waals surface area contributed by atoms with Gasteiger partial charge in [0.25, 0.3) is 0 Å². The summed E-state index contributed by atoms with van der Waals surface area (Å²) in [4.78, 5) is 4.20. The van der Waals surface area contributed by atoms with Gasteiger partial charge in [0.05, 0.1) is 18.1 Å². The second kappa shape index (κ2) is 6.48. The van der Waals surface area contributed by atoms with Crippen LogP contribution < -0.4 is 5.32 Å². The lowest BCUT2D eigenvalue weighted by molar-refractivity contribution is 0.567. The van der Waals surface area contributed by atoms with Gasteiger partial charge in [0.1, 0.15) is 5.82 Å². The van der Waals surface area contributed by atoms with Gasteiger partial charge < -0.3 is 9.88 Å². The minimum absolute atomic E-state index is 0.0802. The average Bonchev–Trinajstić information content (AvgIpc) is 2.86. The van der Waals surface area contributed by atoms with Crippen LogP contribution in [-0.4, -0.2) is 16.1 Å². The van der Waals surface area contributed by atoms with Crippen molar-refractivity contribution in [1.29, 1.82) is 0 Å². The molecule has 0 amide bonds. The van der Waals surface area contributed by atoms with Gasteiger partial charge in [0.15, 0.2) is 0 Å². The minimum Gasteiger partial charge on any atom is -0.326 e. The van der Waals surface area contributed by atoms with Gasteiger partial charge in [-0.25, -0.2) is 9.37 Å². The van der Waals surface area contributed by atoms with Crippen molar-refractivity contribution >= 4 is 0 Å². The fourth-order valence-electron chi connectivity index (χ4n) is 2.14. The number of nitrogens with one attached hydrogen (secondary N) is 1. The highest BCUT2D eigenvalue weighted by Crippen LogP contribution is 2.20. The second-order valence-electron chi connectivity index (χ2n) is 4.70. The van der Waals surface area contributed by atoms with Crippen molar-refractivity contribution in [3.05, 3.63) is 53.9 Å². The van der Waals surface area contributed by atoms with Gasteiger partial charge in [-0.1, -0.05) is 19.1 Å². The molecule has 19 heavy (non-hydrogen) atoms. The molecule has 2 rings (SSSR count). The Labute approximate surface area is 113 Å². The van der Waals surface area contributed by atoms with E-state index >= 15 is 0 Å². The van der Waals surface area contributed by atoms with Crippen molar-refractivity contribution in [2.24, 2.45) is 0 Å². The molecule has 0 spiro atoms. The first-order valence-corrected chi connectivity index (χ1v) is 6.69. The zero-order valence-corrected chi connectivity index (χ0v) is 11.4. The Balaban J connectivity index is 2.15. The lowest BCUT2D eigenvalue weighted by atomic mass is 10.1. The van der Waals surface area contributed by atoms with Crippen molar-refractivity contribution in [3.8, 4) is 0 Å². The Hall–Kier alpha value is -1.68. The summed E-state index contributed by atoms with van der Waals surface area (Å²) in [5.41, 5.74) is 2.07. The quantitative estimate of drug-likeness (QED) is 0.810. The van der Waals surface area contributed by atoms with E-state index in [0.717, 1.165) is 30.8 Å². The molecule has 0 saturated carbocycles. The van der Waals surface area contributed by atoms with Crippen molar-refractivity contribution in [2.45, 2.75) is 32.9 Å². The lowest BCUT2D eigenvalue weighted by Crippen LogP contribution is -2.18. The number of halogens is 1. The topological polar surface area (TPSA) is 29.9 Å². The van der Waals surface area contributed by atoms with Crippen LogP contribution in [0.3, 0.4) is 0 Å². The van der Waals surface area contributed by atoms with Crippen LogP contribution in [0, 0.1) is 5.82 Å². The van der Waals surface area contributed by atoms with Crippen LogP contribution >= 0.6 is 0 Å². The first-order chi connectivity index (χ1) is 9.22. The highest BCUT2D eigenvalue weighted by molar-refractivity contribution is 5.21. The monoisotopic (exact) mass is 261 g/mol. The van der Waals surface area contributed by atoms with Crippen LogP contribution in [0.25, 0.3) is 0 Å². The molecule has 1 N–H and O–H groups in total. The number of imidazole rings is 1. The van der Waals surface area contributed by atoms with Crippen LogP contribution in [0.1, 0.15) is 37.6 Å². The standard InChI is InChI=1S/C15H20FN3/c1-3-7-17-9-15-10-18-11-19(15)12(2)13-5-4-6-14(16)8-13/h4-6,8,10-12,17H,3,7,9H2,1-2H3. The van der Waals surface area contributed by atoms with Crippen LogP contribution in [0.2, 0.25) is 0 Å². The Morgan fingerprint density at radius 3 is 3.00 bits per heavy atom. The average molecular weight is 261 g/mol. The SMILES string of the molecule is CCCNCc1cncn1C(C)c1cccc(F)c1. The summed E-state index contributed by atoms with van der Waals surface area (Å²) >= 11 is 0. The van der Waals surface area contributed by atoms with Gasteiger partial charge in [0.2, 0.25) is 0 Å². The maximum Gasteiger partial charge on any atom is 0.123 e. The molecule has 1 atom stereocenters. The van der Waals surface area contributed by atoms with Crippen molar-refractivity contribution < 1.29 is 4.39 Å². The van der Waals surface area contributed by atoms with Crippen LogP contribution in [-0.2, 0) is 6.54 Å². The summed E-state index contributed by atoms with van der Waals surface area (Å²) in [5.74, 6) is -0.199. The molecule has 0 bridgehead atoms. The maximum absolute atomic E-state index is 13.3. The number of nitrogens with zero attached hydrogens (tertiary/aromatic N) is 2. The summed E-state index contributed by atoms with van der Waals surface area (Å²) in [7, 11) is 0. The van der Waals surface area contributed by atoms with Gasteiger partial charge in [-0.15, -0.1) is 0 Å². The molecule has 0 saturated heterocycles. The third-order valence-electron chi connectivity index (χ3n) is 3.23. The van der Waals surface area contributed by atoms with E-state index in [-0.39, 0.29) is 11.9 Å². The molecule has 1 heterocycles. The molecular formula is C15H20FN3. The Kier molecular flexibility index (Phi) is 4.68. The van der Waals surface area contributed by atoms with Crippen LogP contribution in [0.4, 0.5) is 4.39 Å². The fourth-order valence-corrected chi connectivity index (χ4v) is 2.14. The minimum atomic E-state index is -0.199. The highest BCUT2D eigenvalue weighted by atomic mass is 19.1. The van der Waals surface area contributed by atoms with Gasteiger partial charge in [-0.3, -0.25) is 0 Å². The van der Waals surface area contributed by atoms with E-state index in [0.29, 0.717) is 0 Å². The fraction of sp³-hybridized carbons (Fsp3) is 0.400. The van der Waals surface area contributed by atoms with E-state index in [1.807, 2.05) is 12.3 Å². The summed E-state index contributed by atoms with van der Waals surface area (Å²) < 4.78 is 15.4. The van der Waals surface area contributed by atoms with Crippen molar-refractivity contribution in [1.82, 2.24) is 14.9 Å². The predicted molar refractivity (Wildman–Crippen MR) is 74.4 cm³/mol. The van der Waals surface area contributed by atoms with E-state index in [2.05, 4.69) is 28.7 Å². The lowest BCUT2D eigenvalue weighted by Gasteiger charge is -2.17. The van der Waals surface area contributed by atoms with E-state index in [9.17, 15) is 4.39 Å². The molecule has 0 fully saturated rings. The molecule has 0 aliphatic rings. The molecule has 1 aromatic heterocycles. The first kappa shape index (κ1) is 13.7. The normalized spacial score (nSPS) is 12.6. The number of aromatic nitrogens is 2. The number of hydrogen-bond acceptors (Lipinski definition) is 2. The van der Waals surface area contributed by atoms with Gasteiger partial charge >= 0.3 is 0 Å². The van der Waals surface area contributed by atoms with E-state index in [4.69, 9.17) is 0 Å². The van der Waals surface area contributed by atoms with Crippen molar-refractivity contribution in [2.75, 3.05) is 6.54 Å². The van der Waals surface area contributed by atoms with Crippen LogP contribution in [0.5, 0.6) is 0 Å². The summed E-state index contributed by atoms with van der Waals surface area (Å²) in [6.07, 6.45) is 4.77. The third kappa shape index (κ3) is 3.41. The smallest absolute Gasteiger partial charge is 0.123 e. The van der Waals surface area contributed by atoms with E-state index in [1.54, 1.807) is 18.5 Å². The number of hydrogen-bond donors (Lipinski definition) is 1. The molecule has 0 radical (unpaired) electrons. The molecule has 0 aliphatic carbocycles. The Morgan fingerprint density at radius 2 is 2.26 bits per heavy atom. The molecule has 2 aromatic rings. The van der Waals surface area contributed by atoms with Gasteiger partial charge in [-0.05, 0) is 37.6 Å². The summed E-state index contributed by atoms with van der Waals surface area (Å²) in [6.45, 7) is 5.96. The number of rotatable bonds is 6. The largest absolute Gasteiger partial charge is 0.326 e. The predicted octanol–water partition coefficient (Wildman–Crippen LogP) is 3.13. The zero-order valence-electron chi connectivity index (χ0n) is 11.4. The molecule has 1 aromatic carbocycles. The number of benzene rings is 1. The van der Waals surface area contributed by atoms with E-state index < -0.39 is 0 Å². The Bertz CT molecular complexity index is 522. The summed E-state index contributed by atoms with van der Waals surface area (Å²) in [5, 5.41) is 3.36. The van der Waals surface area contributed by atoms with Gasteiger partial charge in [-0.2, -0.15) is 0 Å². The third-order valence-corrected chi connectivity index (χ3v) is 3.23. The molecule has 102 valence electrons. The highest BCUT2D eigenvalue weighted by Gasteiger charge is 2.11. The van der Waals surface area contributed by atoms with Gasteiger partial charge in [0, 0.05) is 12.7 Å². The second-order valence-corrected chi connectivity index (χ2v) is 4.70. The van der Waals surface area contributed by atoms with E-state index in [1.165, 1.54) is 6.07 Å². The van der Waals surface area contributed by atoms with Crippen molar-refractivity contribution in [3.63, 3.8) is 0 Å². The molecule has 4 heteroatoms. The maximum atomic E-state index is 13.3. The van der Waals surface area contributed by atoms with Crippen LogP contribution in [0.15, 0.2) is 36.8 Å². The molecular weight excluding hydrogens is 241 g/mol. The Morgan fingerprint density at radius 1 is 1.42 bits per heavy atom.